The van der Waals surface area contributed by atoms with E-state index in [0.717, 1.165) is 31.7 Å². The molecule has 1 aliphatic rings. The third kappa shape index (κ3) is 5.36. The van der Waals surface area contributed by atoms with Crippen LogP contribution in [-0.2, 0) is 11.2 Å². The highest BCUT2D eigenvalue weighted by molar-refractivity contribution is 5.04. The summed E-state index contributed by atoms with van der Waals surface area (Å²) in [6, 6.07) is 0. The van der Waals surface area contributed by atoms with Crippen molar-refractivity contribution in [2.24, 2.45) is 0 Å². The van der Waals surface area contributed by atoms with Gasteiger partial charge < -0.3 is 14.5 Å². The van der Waals surface area contributed by atoms with E-state index in [-0.39, 0.29) is 18.8 Å². The highest BCUT2D eigenvalue weighted by Gasteiger charge is 2.36. The predicted octanol–water partition coefficient (Wildman–Crippen LogP) is 3.14. The van der Waals surface area contributed by atoms with Gasteiger partial charge in [-0.1, -0.05) is 0 Å². The molecule has 2 rings (SSSR count). The Labute approximate surface area is 124 Å². The quantitative estimate of drug-likeness (QED) is 0.749. The summed E-state index contributed by atoms with van der Waals surface area (Å²) in [4.78, 5) is 4.26. The van der Waals surface area contributed by atoms with Crippen molar-refractivity contribution in [3.05, 3.63) is 17.8 Å². The van der Waals surface area contributed by atoms with Crippen LogP contribution in [0.4, 0.5) is 8.78 Å². The van der Waals surface area contributed by atoms with E-state index in [1.165, 1.54) is 0 Å². The molecular formula is C15H24F2N2O2. The standard InChI is InChI=1S/C15H24F2N2O2/c1-20-10-9-18-8-2-3-14-19-11-13(21-14)12-4-6-15(16,17)7-5-12/h11-12,18H,2-10H2,1H3. The third-order valence-corrected chi connectivity index (χ3v) is 3.92. The van der Waals surface area contributed by atoms with E-state index in [4.69, 9.17) is 9.15 Å². The number of nitrogens with one attached hydrogen (secondary N) is 1. The van der Waals surface area contributed by atoms with E-state index < -0.39 is 5.92 Å². The van der Waals surface area contributed by atoms with Crippen LogP contribution in [0, 0.1) is 0 Å². The van der Waals surface area contributed by atoms with Crippen molar-refractivity contribution >= 4 is 0 Å². The van der Waals surface area contributed by atoms with E-state index in [1.807, 2.05) is 0 Å². The first-order chi connectivity index (χ1) is 10.1. The first kappa shape index (κ1) is 16.4. The number of hydrogen-bond acceptors (Lipinski definition) is 4. The van der Waals surface area contributed by atoms with Gasteiger partial charge in [-0.2, -0.15) is 0 Å². The molecule has 0 unspecified atom stereocenters. The lowest BCUT2D eigenvalue weighted by molar-refractivity contribution is -0.0395. The van der Waals surface area contributed by atoms with Gasteiger partial charge >= 0.3 is 0 Å². The molecule has 0 radical (unpaired) electrons. The van der Waals surface area contributed by atoms with Crippen molar-refractivity contribution in [3.63, 3.8) is 0 Å². The maximum atomic E-state index is 13.1. The number of rotatable bonds is 8. The van der Waals surface area contributed by atoms with Crippen molar-refractivity contribution in [1.82, 2.24) is 10.3 Å². The number of methoxy groups -OCH3 is 1. The van der Waals surface area contributed by atoms with Crippen LogP contribution in [0.5, 0.6) is 0 Å². The largest absolute Gasteiger partial charge is 0.445 e. The van der Waals surface area contributed by atoms with Gasteiger partial charge in [-0.05, 0) is 25.8 Å². The summed E-state index contributed by atoms with van der Waals surface area (Å²) < 4.78 is 36.9. The smallest absolute Gasteiger partial charge is 0.248 e. The van der Waals surface area contributed by atoms with E-state index in [0.29, 0.717) is 25.3 Å². The van der Waals surface area contributed by atoms with E-state index >= 15 is 0 Å². The molecule has 1 aliphatic carbocycles. The summed E-state index contributed by atoms with van der Waals surface area (Å²) in [5.74, 6) is -0.915. The van der Waals surface area contributed by atoms with Crippen molar-refractivity contribution in [2.45, 2.75) is 50.4 Å². The number of ether oxygens (including phenoxy) is 1. The average molecular weight is 302 g/mol. The Morgan fingerprint density at radius 1 is 1.38 bits per heavy atom. The van der Waals surface area contributed by atoms with E-state index in [1.54, 1.807) is 13.3 Å². The first-order valence-electron chi connectivity index (χ1n) is 7.63. The zero-order valence-corrected chi connectivity index (χ0v) is 12.5. The lowest BCUT2D eigenvalue weighted by Crippen LogP contribution is -2.23. The van der Waals surface area contributed by atoms with Crippen LogP contribution in [0.25, 0.3) is 0 Å². The zero-order valence-electron chi connectivity index (χ0n) is 12.5. The van der Waals surface area contributed by atoms with Crippen LogP contribution in [0.3, 0.4) is 0 Å². The minimum atomic E-state index is -2.49. The molecule has 0 bridgehead atoms. The van der Waals surface area contributed by atoms with Crippen LogP contribution in [0.2, 0.25) is 0 Å². The number of aryl methyl sites for hydroxylation is 1. The molecule has 4 nitrogen and oxygen atoms in total. The predicted molar refractivity (Wildman–Crippen MR) is 75.7 cm³/mol. The second kappa shape index (κ2) is 7.84. The Morgan fingerprint density at radius 3 is 2.86 bits per heavy atom. The SMILES string of the molecule is COCCNCCCc1ncc(C2CCC(F)(F)CC2)o1. The third-order valence-electron chi connectivity index (χ3n) is 3.92. The molecule has 21 heavy (non-hydrogen) atoms. The molecule has 0 amide bonds. The van der Waals surface area contributed by atoms with Gasteiger partial charge in [0.05, 0.1) is 12.8 Å². The molecular weight excluding hydrogens is 278 g/mol. The van der Waals surface area contributed by atoms with E-state index in [9.17, 15) is 8.78 Å². The van der Waals surface area contributed by atoms with Gasteiger partial charge in [-0.3, -0.25) is 0 Å². The maximum absolute atomic E-state index is 13.1. The number of oxazole rings is 1. The van der Waals surface area contributed by atoms with Gasteiger partial charge in [0.25, 0.3) is 0 Å². The van der Waals surface area contributed by atoms with Crippen molar-refractivity contribution in [1.29, 1.82) is 0 Å². The molecule has 1 fully saturated rings. The van der Waals surface area contributed by atoms with Gasteiger partial charge in [-0.25, -0.2) is 13.8 Å². The molecule has 0 aliphatic heterocycles. The van der Waals surface area contributed by atoms with Crippen LogP contribution >= 0.6 is 0 Å². The molecule has 1 aromatic rings. The van der Waals surface area contributed by atoms with Crippen LogP contribution < -0.4 is 5.32 Å². The number of alkyl halides is 2. The number of halogens is 2. The summed E-state index contributed by atoms with van der Waals surface area (Å²) >= 11 is 0. The van der Waals surface area contributed by atoms with Crippen molar-refractivity contribution in [3.8, 4) is 0 Å². The minimum absolute atomic E-state index is 0.0445. The second-order valence-corrected chi connectivity index (χ2v) is 5.63. The zero-order chi connectivity index (χ0) is 15.1. The van der Waals surface area contributed by atoms with Crippen molar-refractivity contribution < 1.29 is 17.9 Å². The molecule has 1 saturated carbocycles. The number of hydrogen-bond donors (Lipinski definition) is 1. The van der Waals surface area contributed by atoms with Crippen LogP contribution in [0.15, 0.2) is 10.6 Å². The van der Waals surface area contributed by atoms with E-state index in [2.05, 4.69) is 10.3 Å². The highest BCUT2D eigenvalue weighted by Crippen LogP contribution is 2.40. The van der Waals surface area contributed by atoms with Crippen LogP contribution in [-0.4, -0.2) is 37.7 Å². The van der Waals surface area contributed by atoms with Gasteiger partial charge in [0.2, 0.25) is 5.92 Å². The Morgan fingerprint density at radius 2 is 2.14 bits per heavy atom. The van der Waals surface area contributed by atoms with Gasteiger partial charge in [0.15, 0.2) is 5.89 Å². The average Bonchev–Trinajstić information content (AvgIpc) is 2.91. The topological polar surface area (TPSA) is 47.3 Å². The molecule has 1 aromatic heterocycles. The Kier molecular flexibility index (Phi) is 6.11. The fourth-order valence-electron chi connectivity index (χ4n) is 2.62. The van der Waals surface area contributed by atoms with Gasteiger partial charge in [-0.15, -0.1) is 0 Å². The normalized spacial score (nSPS) is 19.0. The monoisotopic (exact) mass is 302 g/mol. The lowest BCUT2D eigenvalue weighted by atomic mass is 9.85. The minimum Gasteiger partial charge on any atom is -0.445 e. The Bertz CT molecular complexity index is 414. The molecule has 1 heterocycles. The van der Waals surface area contributed by atoms with Crippen LogP contribution in [0.1, 0.15) is 49.7 Å². The highest BCUT2D eigenvalue weighted by atomic mass is 19.3. The molecule has 1 N–H and O–H groups in total. The number of aromatic nitrogens is 1. The molecule has 0 spiro atoms. The van der Waals surface area contributed by atoms with Gasteiger partial charge in [0, 0.05) is 38.8 Å². The lowest BCUT2D eigenvalue weighted by Gasteiger charge is -2.26. The fraction of sp³-hybridized carbons (Fsp3) is 0.800. The summed E-state index contributed by atoms with van der Waals surface area (Å²) in [5, 5.41) is 3.26. The molecule has 0 saturated heterocycles. The number of nitrogens with zero attached hydrogens (tertiary/aromatic N) is 1. The summed E-state index contributed by atoms with van der Waals surface area (Å²) in [7, 11) is 1.68. The van der Waals surface area contributed by atoms with Gasteiger partial charge in [0.1, 0.15) is 5.76 Å². The molecule has 6 heteroatoms. The van der Waals surface area contributed by atoms with Crippen molar-refractivity contribution in [2.75, 3.05) is 26.8 Å². The Balaban J connectivity index is 1.69. The summed E-state index contributed by atoms with van der Waals surface area (Å²) in [6.45, 7) is 2.43. The Hall–Kier alpha value is -1.01. The maximum Gasteiger partial charge on any atom is 0.248 e. The summed E-state index contributed by atoms with van der Waals surface area (Å²) in [6.07, 6.45) is 4.30. The molecule has 0 aromatic carbocycles. The molecule has 0 atom stereocenters. The summed E-state index contributed by atoms with van der Waals surface area (Å²) in [5.41, 5.74) is 0. The first-order valence-corrected chi connectivity index (χ1v) is 7.63. The fourth-order valence-corrected chi connectivity index (χ4v) is 2.62. The molecule has 120 valence electrons. The second-order valence-electron chi connectivity index (χ2n) is 5.63.